The van der Waals surface area contributed by atoms with E-state index < -0.39 is 0 Å². The topological polar surface area (TPSA) is 3.24 Å². The molecule has 0 atom stereocenters. The van der Waals surface area contributed by atoms with Gasteiger partial charge in [-0.15, -0.1) is 11.6 Å². The van der Waals surface area contributed by atoms with Gasteiger partial charge in [0.25, 0.3) is 0 Å². The second-order valence-electron chi connectivity index (χ2n) is 6.43. The minimum Gasteiger partial charge on any atom is -0.371 e. The molecule has 2 rings (SSSR count). The number of halogens is 2. The zero-order valence-corrected chi connectivity index (χ0v) is 14.4. The van der Waals surface area contributed by atoms with Crippen LogP contribution >= 0.6 is 27.5 Å². The van der Waals surface area contributed by atoms with E-state index >= 15 is 0 Å². The van der Waals surface area contributed by atoms with Crippen LogP contribution in [0.15, 0.2) is 22.7 Å². The lowest BCUT2D eigenvalue weighted by Crippen LogP contribution is -2.37. The van der Waals surface area contributed by atoms with Gasteiger partial charge in [0.05, 0.1) is 5.69 Å². The average molecular weight is 345 g/mol. The van der Waals surface area contributed by atoms with Gasteiger partial charge in [-0.1, -0.05) is 19.9 Å². The van der Waals surface area contributed by atoms with Crippen molar-refractivity contribution in [2.75, 3.05) is 11.9 Å². The van der Waals surface area contributed by atoms with Crippen LogP contribution in [0.2, 0.25) is 0 Å². The first kappa shape index (κ1) is 15.2. The lowest BCUT2D eigenvalue weighted by Gasteiger charge is -2.40. The standard InChI is InChI=1S/C16H23BrClN/c1-16(2)8-6-13(7-9-16)19(3)15-5-4-12(11-18)10-14(15)17/h4-5,10,13H,6-9,11H2,1-3H3. The first-order valence-corrected chi connectivity index (χ1v) is 8.33. The zero-order valence-electron chi connectivity index (χ0n) is 12.0. The number of benzene rings is 1. The maximum atomic E-state index is 5.88. The maximum Gasteiger partial charge on any atom is 0.0510 e. The van der Waals surface area contributed by atoms with E-state index in [4.69, 9.17) is 11.6 Å². The fourth-order valence-electron chi connectivity index (χ4n) is 2.89. The fourth-order valence-corrected chi connectivity index (χ4v) is 3.76. The molecule has 0 unspecified atom stereocenters. The van der Waals surface area contributed by atoms with Gasteiger partial charge in [-0.25, -0.2) is 0 Å². The highest BCUT2D eigenvalue weighted by Gasteiger charge is 2.29. The predicted octanol–water partition coefficient (Wildman–Crippen LogP) is 5.59. The normalized spacial score (nSPS) is 19.4. The monoisotopic (exact) mass is 343 g/mol. The van der Waals surface area contributed by atoms with Gasteiger partial charge in [-0.05, 0) is 64.7 Å². The lowest BCUT2D eigenvalue weighted by molar-refractivity contribution is 0.222. The van der Waals surface area contributed by atoms with E-state index in [1.807, 2.05) is 0 Å². The van der Waals surface area contributed by atoms with Gasteiger partial charge < -0.3 is 4.90 Å². The van der Waals surface area contributed by atoms with Crippen molar-refractivity contribution in [2.45, 2.75) is 51.5 Å². The second kappa shape index (κ2) is 6.05. The van der Waals surface area contributed by atoms with Crippen molar-refractivity contribution in [3.05, 3.63) is 28.2 Å². The Hall–Kier alpha value is -0.210. The van der Waals surface area contributed by atoms with E-state index in [9.17, 15) is 0 Å². The minimum atomic E-state index is 0.525. The van der Waals surface area contributed by atoms with Crippen molar-refractivity contribution >= 4 is 33.2 Å². The van der Waals surface area contributed by atoms with Gasteiger partial charge in [0, 0.05) is 23.4 Å². The van der Waals surface area contributed by atoms with Crippen LogP contribution < -0.4 is 4.90 Å². The lowest BCUT2D eigenvalue weighted by atomic mass is 9.75. The molecule has 0 heterocycles. The number of hydrogen-bond acceptors (Lipinski definition) is 1. The molecule has 1 aromatic rings. The largest absolute Gasteiger partial charge is 0.371 e. The highest BCUT2D eigenvalue weighted by molar-refractivity contribution is 9.10. The Labute approximate surface area is 130 Å². The highest BCUT2D eigenvalue weighted by Crippen LogP contribution is 2.39. The average Bonchev–Trinajstić information content (AvgIpc) is 2.37. The summed E-state index contributed by atoms with van der Waals surface area (Å²) in [6.45, 7) is 4.77. The molecular formula is C16H23BrClN. The fraction of sp³-hybridized carbons (Fsp3) is 0.625. The Balaban J connectivity index is 2.10. The van der Waals surface area contributed by atoms with Gasteiger partial charge in [0.15, 0.2) is 0 Å². The second-order valence-corrected chi connectivity index (χ2v) is 7.55. The van der Waals surface area contributed by atoms with Gasteiger partial charge in [-0.2, -0.15) is 0 Å². The van der Waals surface area contributed by atoms with Gasteiger partial charge in [-0.3, -0.25) is 0 Å². The zero-order chi connectivity index (χ0) is 14.0. The molecule has 0 aromatic heterocycles. The van der Waals surface area contributed by atoms with E-state index in [-0.39, 0.29) is 0 Å². The molecule has 0 spiro atoms. The van der Waals surface area contributed by atoms with Crippen LogP contribution in [-0.4, -0.2) is 13.1 Å². The Morgan fingerprint density at radius 2 is 1.95 bits per heavy atom. The minimum absolute atomic E-state index is 0.525. The molecule has 0 radical (unpaired) electrons. The molecule has 0 saturated heterocycles. The molecule has 1 saturated carbocycles. The summed E-state index contributed by atoms with van der Waals surface area (Å²) >= 11 is 9.55. The first-order valence-electron chi connectivity index (χ1n) is 7.00. The SMILES string of the molecule is CN(c1ccc(CCl)cc1Br)C1CCC(C)(C)CC1. The molecule has 3 heteroatoms. The number of anilines is 1. The molecule has 0 bridgehead atoms. The number of alkyl halides is 1. The molecular weight excluding hydrogens is 322 g/mol. The molecule has 1 nitrogen and oxygen atoms in total. The quantitative estimate of drug-likeness (QED) is 0.646. The molecule has 1 aliphatic rings. The van der Waals surface area contributed by atoms with Crippen molar-refractivity contribution < 1.29 is 0 Å². The summed E-state index contributed by atoms with van der Waals surface area (Å²) in [5.74, 6) is 0.570. The van der Waals surface area contributed by atoms with Crippen molar-refractivity contribution in [1.29, 1.82) is 0 Å². The molecule has 0 N–H and O–H groups in total. The summed E-state index contributed by atoms with van der Waals surface area (Å²) in [4.78, 5) is 2.43. The third-order valence-corrected chi connectivity index (χ3v) is 5.35. The van der Waals surface area contributed by atoms with Crippen molar-refractivity contribution in [2.24, 2.45) is 5.41 Å². The number of nitrogens with zero attached hydrogens (tertiary/aromatic N) is 1. The summed E-state index contributed by atoms with van der Waals surface area (Å²) in [5, 5.41) is 0. The van der Waals surface area contributed by atoms with Crippen molar-refractivity contribution in [3.8, 4) is 0 Å². The highest BCUT2D eigenvalue weighted by atomic mass is 79.9. The van der Waals surface area contributed by atoms with Crippen LogP contribution in [0.5, 0.6) is 0 Å². The van der Waals surface area contributed by atoms with Crippen LogP contribution in [0.3, 0.4) is 0 Å². The Morgan fingerprint density at radius 3 is 2.47 bits per heavy atom. The van der Waals surface area contributed by atoms with E-state index in [1.165, 1.54) is 31.4 Å². The predicted molar refractivity (Wildman–Crippen MR) is 88.1 cm³/mol. The number of rotatable bonds is 3. The molecule has 19 heavy (non-hydrogen) atoms. The Morgan fingerprint density at radius 1 is 1.32 bits per heavy atom. The van der Waals surface area contributed by atoms with Crippen molar-refractivity contribution in [1.82, 2.24) is 0 Å². The summed E-state index contributed by atoms with van der Waals surface area (Å²) in [6.07, 6.45) is 5.21. The van der Waals surface area contributed by atoms with Crippen LogP contribution in [0.4, 0.5) is 5.69 Å². The smallest absolute Gasteiger partial charge is 0.0510 e. The van der Waals surface area contributed by atoms with Crippen molar-refractivity contribution in [3.63, 3.8) is 0 Å². The third-order valence-electron chi connectivity index (χ3n) is 4.40. The molecule has 1 aromatic carbocycles. The van der Waals surface area contributed by atoms with Crippen LogP contribution in [-0.2, 0) is 5.88 Å². The van der Waals surface area contributed by atoms with Crippen LogP contribution in [0.25, 0.3) is 0 Å². The third kappa shape index (κ3) is 3.66. The summed E-state index contributed by atoms with van der Waals surface area (Å²) in [5.41, 5.74) is 2.96. The first-order chi connectivity index (χ1) is 8.93. The van der Waals surface area contributed by atoms with E-state index in [1.54, 1.807) is 0 Å². The summed E-state index contributed by atoms with van der Waals surface area (Å²) in [7, 11) is 2.21. The van der Waals surface area contributed by atoms with E-state index in [0.29, 0.717) is 17.3 Å². The molecule has 1 fully saturated rings. The molecule has 0 amide bonds. The Bertz CT molecular complexity index is 434. The van der Waals surface area contributed by atoms with Crippen LogP contribution in [0.1, 0.15) is 45.1 Å². The van der Waals surface area contributed by atoms with Gasteiger partial charge in [0.2, 0.25) is 0 Å². The molecule has 0 aliphatic heterocycles. The van der Waals surface area contributed by atoms with E-state index in [2.05, 4.69) is 59.9 Å². The number of hydrogen-bond donors (Lipinski definition) is 0. The van der Waals surface area contributed by atoms with Gasteiger partial charge >= 0.3 is 0 Å². The van der Waals surface area contributed by atoms with Crippen LogP contribution in [0, 0.1) is 5.41 Å². The molecule has 1 aliphatic carbocycles. The summed E-state index contributed by atoms with van der Waals surface area (Å²) in [6, 6.07) is 7.09. The summed E-state index contributed by atoms with van der Waals surface area (Å²) < 4.78 is 1.15. The maximum absolute atomic E-state index is 5.88. The van der Waals surface area contributed by atoms with E-state index in [0.717, 1.165) is 10.0 Å². The Kier molecular flexibility index (Phi) is 4.84. The van der Waals surface area contributed by atoms with Gasteiger partial charge in [0.1, 0.15) is 0 Å². The molecule has 106 valence electrons.